The Labute approximate surface area is 230 Å². The Kier molecular flexibility index (Phi) is 23.2. The Morgan fingerprint density at radius 2 is 1.32 bits per heavy atom. The summed E-state index contributed by atoms with van der Waals surface area (Å²) in [6.07, 6.45) is 16.4. The van der Waals surface area contributed by atoms with Gasteiger partial charge in [0, 0.05) is 23.2 Å². The number of ether oxygens (including phenoxy) is 2. The highest BCUT2D eigenvalue weighted by molar-refractivity contribution is 7.85. The Balaban J connectivity index is 5.06. The van der Waals surface area contributed by atoms with Gasteiger partial charge in [-0.3, -0.25) is 8.77 Å². The first-order valence-electron chi connectivity index (χ1n) is 14.7. The van der Waals surface area contributed by atoms with Crippen molar-refractivity contribution in [3.05, 3.63) is 0 Å². The largest absolute Gasteiger partial charge is 0.478 e. The molecule has 0 aromatic rings. The van der Waals surface area contributed by atoms with Gasteiger partial charge in [-0.2, -0.15) is 0 Å². The predicted molar refractivity (Wildman–Crippen MR) is 153 cm³/mol. The van der Waals surface area contributed by atoms with E-state index in [1.54, 1.807) is 6.92 Å². The maximum Gasteiger partial charge on any atom is 0.353 e. The standard InChI is InChI=1S/C28H55O7PS/c1-5-8-10-12-14-15-16-18-20-23-37(33)25(21-19-17-13-11-9-6-2)24(4)35-27(34-22-7-3)28(31,36-32)26(29)30/h24-25,27,31H,5-23H2,1-4H3,(H,29,30). The van der Waals surface area contributed by atoms with Crippen LogP contribution in [0.15, 0.2) is 0 Å². The lowest BCUT2D eigenvalue weighted by Gasteiger charge is -2.32. The number of aliphatic carboxylic acids is 1. The summed E-state index contributed by atoms with van der Waals surface area (Å²) in [5.74, 6) is -1.10. The second-order valence-electron chi connectivity index (χ2n) is 10.2. The summed E-state index contributed by atoms with van der Waals surface area (Å²) in [5, 5.41) is 16.9. The van der Waals surface area contributed by atoms with Crippen molar-refractivity contribution in [2.24, 2.45) is 0 Å². The third-order valence-electron chi connectivity index (χ3n) is 6.75. The van der Waals surface area contributed by atoms with Crippen LogP contribution in [0.2, 0.25) is 0 Å². The molecule has 2 N–H and O–H groups in total. The molecule has 0 rings (SSSR count). The molecule has 9 heteroatoms. The van der Waals surface area contributed by atoms with E-state index in [0.717, 1.165) is 38.5 Å². The first-order chi connectivity index (χ1) is 17.8. The number of carboxylic acid groups (broad SMARTS) is 1. The van der Waals surface area contributed by atoms with Gasteiger partial charge in [0.2, 0.25) is 14.8 Å². The van der Waals surface area contributed by atoms with Crippen molar-refractivity contribution in [3.8, 4) is 0 Å². The van der Waals surface area contributed by atoms with Crippen molar-refractivity contribution in [2.45, 2.75) is 160 Å². The fourth-order valence-corrected chi connectivity index (χ4v) is 6.36. The molecule has 0 spiro atoms. The molecule has 0 aromatic heterocycles. The maximum atomic E-state index is 13.4. The van der Waals surface area contributed by atoms with Crippen LogP contribution in [0.25, 0.3) is 0 Å². The van der Waals surface area contributed by atoms with E-state index in [-0.39, 0.29) is 11.9 Å². The van der Waals surface area contributed by atoms with Crippen molar-refractivity contribution in [1.29, 1.82) is 0 Å². The lowest BCUT2D eigenvalue weighted by atomic mass is 10.1. The van der Waals surface area contributed by atoms with Gasteiger partial charge in [0.05, 0.1) is 11.4 Å². The van der Waals surface area contributed by atoms with Crippen molar-refractivity contribution in [1.82, 2.24) is 0 Å². The second kappa shape index (κ2) is 23.5. The third-order valence-corrected chi connectivity index (χ3v) is 9.41. The minimum Gasteiger partial charge on any atom is -0.478 e. The van der Waals surface area contributed by atoms with E-state index in [1.165, 1.54) is 57.8 Å². The summed E-state index contributed by atoms with van der Waals surface area (Å²) < 4.78 is 36.3. The molecule has 5 atom stereocenters. The molecule has 7 nitrogen and oxygen atoms in total. The van der Waals surface area contributed by atoms with Crippen LogP contribution in [0.5, 0.6) is 0 Å². The van der Waals surface area contributed by atoms with Crippen molar-refractivity contribution >= 4 is 25.2 Å². The van der Waals surface area contributed by atoms with E-state index >= 15 is 0 Å². The summed E-state index contributed by atoms with van der Waals surface area (Å²) in [4.78, 5) is 11.7. The zero-order valence-electron chi connectivity index (χ0n) is 24.0. The summed E-state index contributed by atoms with van der Waals surface area (Å²) >= 11 is 0. The maximum absolute atomic E-state index is 13.4. The van der Waals surface area contributed by atoms with Gasteiger partial charge in [-0.15, -0.1) is 0 Å². The molecule has 0 saturated heterocycles. The normalized spacial score (nSPS) is 16.8. The molecule has 0 saturated carbocycles. The Hall–Kier alpha value is -0.400. The first-order valence-corrected chi connectivity index (χ1v) is 16.9. The molecular formula is C28H55O7PS. The number of aliphatic hydroxyl groups is 1. The lowest BCUT2D eigenvalue weighted by molar-refractivity contribution is -0.230. The van der Waals surface area contributed by atoms with Gasteiger partial charge in [-0.1, -0.05) is 111 Å². The van der Waals surface area contributed by atoms with E-state index in [4.69, 9.17) is 9.47 Å². The molecule has 0 aliphatic carbocycles. The predicted octanol–water partition coefficient (Wildman–Crippen LogP) is 7.61. The lowest BCUT2D eigenvalue weighted by Crippen LogP contribution is -2.50. The van der Waals surface area contributed by atoms with Gasteiger partial charge in [0.1, 0.15) is 0 Å². The molecule has 0 aromatic carbocycles. The Bertz CT molecular complexity index is 607. The molecule has 0 aliphatic rings. The molecule has 0 aliphatic heterocycles. The van der Waals surface area contributed by atoms with E-state index in [9.17, 15) is 23.8 Å². The topological polar surface area (TPSA) is 110 Å². The van der Waals surface area contributed by atoms with Crippen LogP contribution in [0.1, 0.15) is 137 Å². The van der Waals surface area contributed by atoms with Gasteiger partial charge in [0.15, 0.2) is 0 Å². The van der Waals surface area contributed by atoms with Gasteiger partial charge in [-0.05, 0) is 26.2 Å². The van der Waals surface area contributed by atoms with Crippen LogP contribution < -0.4 is 0 Å². The highest BCUT2D eigenvalue weighted by atomic mass is 32.2. The Morgan fingerprint density at radius 3 is 1.78 bits per heavy atom. The van der Waals surface area contributed by atoms with Crippen LogP contribution in [0.4, 0.5) is 0 Å². The van der Waals surface area contributed by atoms with E-state index < -0.39 is 43.0 Å². The number of carboxylic acids is 1. The van der Waals surface area contributed by atoms with Crippen LogP contribution in [0, 0.1) is 0 Å². The van der Waals surface area contributed by atoms with E-state index in [2.05, 4.69) is 13.8 Å². The van der Waals surface area contributed by atoms with Crippen LogP contribution in [-0.2, 0) is 29.6 Å². The zero-order valence-corrected chi connectivity index (χ0v) is 25.7. The molecular weight excluding hydrogens is 511 g/mol. The number of hydrogen-bond acceptors (Lipinski definition) is 6. The molecule has 0 amide bonds. The van der Waals surface area contributed by atoms with Crippen LogP contribution >= 0.6 is 8.46 Å². The minimum absolute atomic E-state index is 0.145. The van der Waals surface area contributed by atoms with E-state index in [0.29, 0.717) is 18.6 Å². The Morgan fingerprint density at radius 1 is 0.838 bits per heavy atom. The highest BCUT2D eigenvalue weighted by Crippen LogP contribution is 2.30. The quantitative estimate of drug-likeness (QED) is 0.0598. The molecule has 0 fully saturated rings. The molecule has 0 radical (unpaired) electrons. The number of carbonyl (C=O) groups is 1. The van der Waals surface area contributed by atoms with Crippen molar-refractivity contribution in [2.75, 3.05) is 12.4 Å². The summed E-state index contributed by atoms with van der Waals surface area (Å²) in [6, 6.07) is 0. The number of hydrogen-bond donors (Lipinski definition) is 2. The molecule has 0 bridgehead atoms. The SMILES string of the molecule is CCCCCCCCCCCS(=O)C(CCCCCCCC)C(C)OC(OCCC)C(O)(P=O)C(=O)O. The molecule has 220 valence electrons. The monoisotopic (exact) mass is 566 g/mol. The fourth-order valence-electron chi connectivity index (χ4n) is 4.35. The summed E-state index contributed by atoms with van der Waals surface area (Å²) in [7, 11) is -2.17. The first kappa shape index (κ1) is 36.6. The number of rotatable bonds is 27. The second-order valence-corrected chi connectivity index (χ2v) is 12.8. The molecule has 5 unspecified atom stereocenters. The van der Waals surface area contributed by atoms with E-state index in [1.807, 2.05) is 6.92 Å². The fraction of sp³-hybridized carbons (Fsp3) is 0.964. The molecule has 37 heavy (non-hydrogen) atoms. The van der Waals surface area contributed by atoms with Crippen molar-refractivity contribution in [3.63, 3.8) is 0 Å². The smallest absolute Gasteiger partial charge is 0.353 e. The van der Waals surface area contributed by atoms with Crippen LogP contribution in [-0.4, -0.2) is 55.7 Å². The molecule has 0 heterocycles. The number of unbranched alkanes of at least 4 members (excludes halogenated alkanes) is 13. The van der Waals surface area contributed by atoms with Gasteiger partial charge >= 0.3 is 5.97 Å². The minimum atomic E-state index is -2.72. The average molecular weight is 567 g/mol. The summed E-state index contributed by atoms with van der Waals surface area (Å²) in [6.45, 7) is 8.15. The average Bonchev–Trinajstić information content (AvgIpc) is 2.88. The van der Waals surface area contributed by atoms with Crippen LogP contribution in [0.3, 0.4) is 0 Å². The highest BCUT2D eigenvalue weighted by Gasteiger charge is 2.49. The van der Waals surface area contributed by atoms with Gasteiger partial charge < -0.3 is 19.7 Å². The van der Waals surface area contributed by atoms with Gasteiger partial charge in [-0.25, -0.2) is 4.79 Å². The zero-order chi connectivity index (χ0) is 27.9. The third kappa shape index (κ3) is 16.3. The van der Waals surface area contributed by atoms with Crippen molar-refractivity contribution < 1.29 is 33.3 Å². The van der Waals surface area contributed by atoms with Gasteiger partial charge in [0.25, 0.3) is 5.34 Å². The summed E-state index contributed by atoms with van der Waals surface area (Å²) in [5.41, 5.74) is 0.